The molecular weight excluding hydrogens is 248 g/mol. The zero-order valence-electron chi connectivity index (χ0n) is 11.1. The van der Waals surface area contributed by atoms with Crippen molar-refractivity contribution in [3.63, 3.8) is 0 Å². The molecule has 0 saturated heterocycles. The van der Waals surface area contributed by atoms with Crippen LogP contribution in [0.3, 0.4) is 0 Å². The van der Waals surface area contributed by atoms with Gasteiger partial charge in [-0.1, -0.05) is 13.8 Å². The number of aliphatic carboxylic acids is 1. The molecule has 0 atom stereocenters. The van der Waals surface area contributed by atoms with Crippen molar-refractivity contribution in [2.45, 2.75) is 32.6 Å². The minimum absolute atomic E-state index is 0.0591. The molecule has 0 spiro atoms. The Balaban J connectivity index is 2.09. The Labute approximate surface area is 111 Å². The Hall–Kier alpha value is -1.92. The highest BCUT2D eigenvalue weighted by atomic mass is 16.4. The topological polar surface area (TPSA) is 99.2 Å². The van der Waals surface area contributed by atoms with Crippen molar-refractivity contribution >= 4 is 11.9 Å². The Morgan fingerprint density at radius 1 is 1.47 bits per heavy atom. The average Bonchev–Trinajstić information content (AvgIpc) is 3.04. The number of H-pyrrole nitrogens is 1. The zero-order valence-corrected chi connectivity index (χ0v) is 11.1. The van der Waals surface area contributed by atoms with Gasteiger partial charge in [-0.3, -0.25) is 14.7 Å². The highest BCUT2D eigenvalue weighted by Gasteiger charge is 2.29. The van der Waals surface area contributed by atoms with Crippen LogP contribution in [0.5, 0.6) is 0 Å². The van der Waals surface area contributed by atoms with E-state index in [0.29, 0.717) is 12.5 Å². The average molecular weight is 266 g/mol. The third kappa shape index (κ3) is 3.52. The van der Waals surface area contributed by atoms with Gasteiger partial charge in [0.2, 0.25) is 5.82 Å². The van der Waals surface area contributed by atoms with E-state index in [4.69, 9.17) is 5.11 Å². The molecule has 1 aromatic heterocycles. The molecule has 7 heteroatoms. The number of carbonyl (C=O) groups is 2. The number of carboxylic acid groups (broad SMARTS) is 1. The standard InChI is InChI=1S/C12H18N4O3/c1-7(2)5-16(6-9(17)18)12(19)11-13-10(14-15-11)8-3-4-8/h7-8H,3-6H2,1-2H3,(H,17,18)(H,13,14,15). The fourth-order valence-corrected chi connectivity index (χ4v) is 1.87. The van der Waals surface area contributed by atoms with Gasteiger partial charge in [-0.05, 0) is 18.8 Å². The van der Waals surface area contributed by atoms with Crippen LogP contribution >= 0.6 is 0 Å². The second-order valence-corrected chi connectivity index (χ2v) is 5.29. The third-order valence-corrected chi connectivity index (χ3v) is 2.86. The van der Waals surface area contributed by atoms with Crippen LogP contribution in [0.2, 0.25) is 0 Å². The second kappa shape index (κ2) is 5.38. The number of hydrogen-bond acceptors (Lipinski definition) is 4. The van der Waals surface area contributed by atoms with E-state index in [-0.39, 0.29) is 18.3 Å². The summed E-state index contributed by atoms with van der Waals surface area (Å²) in [6.45, 7) is 3.90. The van der Waals surface area contributed by atoms with Gasteiger partial charge < -0.3 is 10.0 Å². The maximum atomic E-state index is 12.2. The van der Waals surface area contributed by atoms with E-state index in [1.807, 2.05) is 13.8 Å². The largest absolute Gasteiger partial charge is 0.480 e. The van der Waals surface area contributed by atoms with Gasteiger partial charge in [-0.25, -0.2) is 4.98 Å². The summed E-state index contributed by atoms with van der Waals surface area (Å²) in [7, 11) is 0. The lowest BCUT2D eigenvalue weighted by atomic mass is 10.2. The molecule has 0 unspecified atom stereocenters. The fourth-order valence-electron chi connectivity index (χ4n) is 1.87. The van der Waals surface area contributed by atoms with Gasteiger partial charge in [0.1, 0.15) is 12.4 Å². The van der Waals surface area contributed by atoms with Crippen molar-refractivity contribution in [3.05, 3.63) is 11.6 Å². The Kier molecular flexibility index (Phi) is 3.82. The van der Waals surface area contributed by atoms with Gasteiger partial charge in [-0.15, -0.1) is 5.10 Å². The van der Waals surface area contributed by atoms with Crippen LogP contribution in [0.15, 0.2) is 0 Å². The summed E-state index contributed by atoms with van der Waals surface area (Å²) in [5.41, 5.74) is 0. The van der Waals surface area contributed by atoms with Crippen LogP contribution in [0.25, 0.3) is 0 Å². The van der Waals surface area contributed by atoms with E-state index in [9.17, 15) is 9.59 Å². The van der Waals surface area contributed by atoms with E-state index in [0.717, 1.165) is 18.7 Å². The molecule has 0 radical (unpaired) electrons. The van der Waals surface area contributed by atoms with Gasteiger partial charge in [0.05, 0.1) is 0 Å². The fraction of sp³-hybridized carbons (Fsp3) is 0.667. The van der Waals surface area contributed by atoms with E-state index >= 15 is 0 Å². The normalized spacial score (nSPS) is 14.7. The molecule has 1 saturated carbocycles. The first kappa shape index (κ1) is 13.5. The highest BCUT2D eigenvalue weighted by Crippen LogP contribution is 2.37. The Bertz CT molecular complexity index is 479. The molecule has 1 aliphatic rings. The lowest BCUT2D eigenvalue weighted by Crippen LogP contribution is -2.38. The first-order valence-electron chi connectivity index (χ1n) is 6.40. The lowest BCUT2D eigenvalue weighted by molar-refractivity contribution is -0.137. The number of aromatic amines is 1. The van der Waals surface area contributed by atoms with E-state index in [1.54, 1.807) is 0 Å². The van der Waals surface area contributed by atoms with Gasteiger partial charge in [-0.2, -0.15) is 0 Å². The highest BCUT2D eigenvalue weighted by molar-refractivity contribution is 5.92. The first-order valence-corrected chi connectivity index (χ1v) is 6.40. The van der Waals surface area contributed by atoms with Crippen molar-refractivity contribution < 1.29 is 14.7 Å². The summed E-state index contributed by atoms with van der Waals surface area (Å²) < 4.78 is 0. The quantitative estimate of drug-likeness (QED) is 0.795. The minimum atomic E-state index is -1.04. The van der Waals surface area contributed by atoms with Gasteiger partial charge in [0.25, 0.3) is 5.91 Å². The van der Waals surface area contributed by atoms with Crippen LogP contribution in [0.1, 0.15) is 49.1 Å². The van der Waals surface area contributed by atoms with Gasteiger partial charge in [0.15, 0.2) is 0 Å². The maximum absolute atomic E-state index is 12.2. The van der Waals surface area contributed by atoms with Crippen molar-refractivity contribution in [1.29, 1.82) is 0 Å². The van der Waals surface area contributed by atoms with Gasteiger partial charge >= 0.3 is 5.97 Å². The van der Waals surface area contributed by atoms with Crippen molar-refractivity contribution in [2.24, 2.45) is 5.92 Å². The minimum Gasteiger partial charge on any atom is -0.480 e. The number of carboxylic acids is 1. The number of hydrogen-bond donors (Lipinski definition) is 2. The van der Waals surface area contributed by atoms with Crippen LogP contribution < -0.4 is 0 Å². The molecular formula is C12H18N4O3. The van der Waals surface area contributed by atoms with Crippen molar-refractivity contribution in [1.82, 2.24) is 20.1 Å². The smallest absolute Gasteiger partial charge is 0.323 e. The molecule has 7 nitrogen and oxygen atoms in total. The summed E-state index contributed by atoms with van der Waals surface area (Å²) in [6, 6.07) is 0. The first-order chi connectivity index (χ1) is 8.97. The monoisotopic (exact) mass is 266 g/mol. The number of nitrogens with zero attached hydrogens (tertiary/aromatic N) is 3. The molecule has 1 amide bonds. The summed E-state index contributed by atoms with van der Waals surface area (Å²) >= 11 is 0. The van der Waals surface area contributed by atoms with E-state index < -0.39 is 11.9 Å². The van der Waals surface area contributed by atoms with E-state index in [2.05, 4.69) is 15.2 Å². The molecule has 19 heavy (non-hydrogen) atoms. The second-order valence-electron chi connectivity index (χ2n) is 5.29. The predicted octanol–water partition coefficient (Wildman–Crippen LogP) is 0.865. The number of aromatic nitrogens is 3. The zero-order chi connectivity index (χ0) is 14.0. The number of nitrogens with one attached hydrogen (secondary N) is 1. The van der Waals surface area contributed by atoms with Crippen LogP contribution in [0, 0.1) is 5.92 Å². The summed E-state index contributed by atoms with van der Waals surface area (Å²) in [5, 5.41) is 15.5. The maximum Gasteiger partial charge on any atom is 0.323 e. The molecule has 0 aliphatic heterocycles. The molecule has 1 aromatic rings. The van der Waals surface area contributed by atoms with Crippen LogP contribution in [-0.2, 0) is 4.79 Å². The third-order valence-electron chi connectivity index (χ3n) is 2.86. The van der Waals surface area contributed by atoms with Gasteiger partial charge in [0, 0.05) is 12.5 Å². The molecule has 2 rings (SSSR count). The number of rotatable bonds is 6. The lowest BCUT2D eigenvalue weighted by Gasteiger charge is -2.21. The van der Waals surface area contributed by atoms with Crippen molar-refractivity contribution in [3.8, 4) is 0 Å². The van der Waals surface area contributed by atoms with Crippen LogP contribution in [0.4, 0.5) is 0 Å². The number of amides is 1. The molecule has 0 bridgehead atoms. The molecule has 104 valence electrons. The van der Waals surface area contributed by atoms with Crippen molar-refractivity contribution in [2.75, 3.05) is 13.1 Å². The predicted molar refractivity (Wildman–Crippen MR) is 66.7 cm³/mol. The summed E-state index contributed by atoms with van der Waals surface area (Å²) in [6.07, 6.45) is 2.13. The summed E-state index contributed by atoms with van der Waals surface area (Å²) in [5.74, 6) is -0.115. The molecule has 0 aromatic carbocycles. The van der Waals surface area contributed by atoms with E-state index in [1.165, 1.54) is 4.90 Å². The number of carbonyl (C=O) groups excluding carboxylic acids is 1. The molecule has 1 aliphatic carbocycles. The molecule has 1 heterocycles. The Morgan fingerprint density at radius 2 is 2.16 bits per heavy atom. The van der Waals surface area contributed by atoms with Crippen LogP contribution in [-0.4, -0.2) is 50.2 Å². The SMILES string of the molecule is CC(C)CN(CC(=O)O)C(=O)c1n[nH]c(C2CC2)n1. The Morgan fingerprint density at radius 3 is 2.68 bits per heavy atom. The molecule has 2 N–H and O–H groups in total. The summed E-state index contributed by atoms with van der Waals surface area (Å²) in [4.78, 5) is 28.4. The molecule has 1 fully saturated rings.